The number of hydrogen-bond acceptors (Lipinski definition) is 4. The number of benzene rings is 1. The summed E-state index contributed by atoms with van der Waals surface area (Å²) in [5.74, 6) is 0.497. The Labute approximate surface area is 142 Å². The minimum Gasteiger partial charge on any atom is -0.496 e. The van der Waals surface area contributed by atoms with Gasteiger partial charge in [-0.25, -0.2) is 9.59 Å². The summed E-state index contributed by atoms with van der Waals surface area (Å²) in [5, 5.41) is 5.89. The van der Waals surface area contributed by atoms with Gasteiger partial charge in [0, 0.05) is 12.6 Å². The van der Waals surface area contributed by atoms with Crippen molar-refractivity contribution in [3.63, 3.8) is 0 Å². The molecule has 0 spiro atoms. The van der Waals surface area contributed by atoms with E-state index in [4.69, 9.17) is 9.47 Å². The second kappa shape index (κ2) is 8.57. The molecule has 0 radical (unpaired) electrons. The molecule has 6 nitrogen and oxygen atoms in total. The average Bonchev–Trinajstić information content (AvgIpc) is 2.61. The van der Waals surface area contributed by atoms with E-state index in [9.17, 15) is 9.59 Å². The number of esters is 1. The standard InChI is InChI=1S/C18H26N2O4/c1-12-6-4-5-7-15(12)20-18(22)19-11-13-8-9-16(23-2)14(10-13)17(21)24-3/h8-10,12,15H,4-7,11H2,1-3H3,(H2,19,20,22)/t12-,15+/m1/s1. The van der Waals surface area contributed by atoms with Crippen molar-refractivity contribution in [1.82, 2.24) is 10.6 Å². The number of rotatable bonds is 5. The number of carbonyl (C=O) groups excluding carboxylic acids is 2. The first kappa shape index (κ1) is 18.1. The molecule has 1 aromatic rings. The van der Waals surface area contributed by atoms with Gasteiger partial charge in [0.05, 0.1) is 14.2 Å². The third-order valence-corrected chi connectivity index (χ3v) is 4.55. The number of amides is 2. The van der Waals surface area contributed by atoms with Crippen LogP contribution in [0.2, 0.25) is 0 Å². The van der Waals surface area contributed by atoms with Gasteiger partial charge in [-0.05, 0) is 36.5 Å². The van der Waals surface area contributed by atoms with Crippen molar-refractivity contribution in [3.05, 3.63) is 29.3 Å². The van der Waals surface area contributed by atoms with E-state index >= 15 is 0 Å². The highest BCUT2D eigenvalue weighted by molar-refractivity contribution is 5.92. The highest BCUT2D eigenvalue weighted by atomic mass is 16.5. The Morgan fingerprint density at radius 1 is 1.21 bits per heavy atom. The molecule has 2 amide bonds. The first-order valence-electron chi connectivity index (χ1n) is 8.34. The van der Waals surface area contributed by atoms with Crippen LogP contribution in [-0.2, 0) is 11.3 Å². The average molecular weight is 334 g/mol. The molecule has 0 bridgehead atoms. The molecule has 1 fully saturated rings. The molecule has 2 rings (SSSR count). The lowest BCUT2D eigenvalue weighted by atomic mass is 9.86. The van der Waals surface area contributed by atoms with Gasteiger partial charge in [-0.3, -0.25) is 0 Å². The van der Waals surface area contributed by atoms with Crippen molar-refractivity contribution >= 4 is 12.0 Å². The summed E-state index contributed by atoms with van der Waals surface area (Å²) < 4.78 is 9.91. The molecule has 2 atom stereocenters. The van der Waals surface area contributed by atoms with Crippen LogP contribution in [0.1, 0.15) is 48.5 Å². The number of urea groups is 1. The van der Waals surface area contributed by atoms with E-state index in [0.29, 0.717) is 23.8 Å². The van der Waals surface area contributed by atoms with E-state index in [-0.39, 0.29) is 12.1 Å². The van der Waals surface area contributed by atoms with Crippen LogP contribution < -0.4 is 15.4 Å². The van der Waals surface area contributed by atoms with Crippen molar-refractivity contribution in [1.29, 1.82) is 0 Å². The lowest BCUT2D eigenvalue weighted by molar-refractivity contribution is 0.0597. The van der Waals surface area contributed by atoms with Crippen LogP contribution in [0.5, 0.6) is 5.75 Å². The summed E-state index contributed by atoms with van der Waals surface area (Å²) in [7, 11) is 2.82. The number of carbonyl (C=O) groups is 2. The zero-order valence-corrected chi connectivity index (χ0v) is 14.6. The minimum absolute atomic E-state index is 0.177. The van der Waals surface area contributed by atoms with Gasteiger partial charge in [0.15, 0.2) is 0 Å². The predicted molar refractivity (Wildman–Crippen MR) is 91.1 cm³/mol. The lowest BCUT2D eigenvalue weighted by Gasteiger charge is -2.29. The fraction of sp³-hybridized carbons (Fsp3) is 0.556. The molecule has 0 aliphatic heterocycles. The fourth-order valence-corrected chi connectivity index (χ4v) is 3.07. The van der Waals surface area contributed by atoms with E-state index in [1.807, 2.05) is 6.07 Å². The molecule has 0 saturated heterocycles. The summed E-state index contributed by atoms with van der Waals surface area (Å²) >= 11 is 0. The second-order valence-electron chi connectivity index (χ2n) is 6.22. The molecular weight excluding hydrogens is 308 g/mol. The molecule has 2 N–H and O–H groups in total. The molecule has 24 heavy (non-hydrogen) atoms. The van der Waals surface area contributed by atoms with Gasteiger partial charge in [0.25, 0.3) is 0 Å². The largest absolute Gasteiger partial charge is 0.496 e. The van der Waals surface area contributed by atoms with Gasteiger partial charge < -0.3 is 20.1 Å². The zero-order valence-electron chi connectivity index (χ0n) is 14.6. The second-order valence-corrected chi connectivity index (χ2v) is 6.22. The van der Waals surface area contributed by atoms with Crippen molar-refractivity contribution in [2.24, 2.45) is 5.92 Å². The summed E-state index contributed by atoms with van der Waals surface area (Å²) in [6.07, 6.45) is 4.59. The van der Waals surface area contributed by atoms with Gasteiger partial charge in [-0.15, -0.1) is 0 Å². The third-order valence-electron chi connectivity index (χ3n) is 4.55. The number of nitrogens with one attached hydrogen (secondary N) is 2. The van der Waals surface area contributed by atoms with E-state index in [2.05, 4.69) is 17.6 Å². The van der Waals surface area contributed by atoms with Crippen LogP contribution in [0, 0.1) is 5.92 Å². The molecule has 132 valence electrons. The van der Waals surface area contributed by atoms with Crippen LogP contribution in [0.15, 0.2) is 18.2 Å². The van der Waals surface area contributed by atoms with Crippen LogP contribution in [0.25, 0.3) is 0 Å². The van der Waals surface area contributed by atoms with Gasteiger partial charge >= 0.3 is 12.0 Å². The Morgan fingerprint density at radius 2 is 1.96 bits per heavy atom. The fourth-order valence-electron chi connectivity index (χ4n) is 3.07. The Balaban J connectivity index is 1.93. The molecule has 6 heteroatoms. The van der Waals surface area contributed by atoms with Crippen molar-refractivity contribution in [3.8, 4) is 5.75 Å². The van der Waals surface area contributed by atoms with Crippen molar-refractivity contribution < 1.29 is 19.1 Å². The summed E-state index contributed by atoms with van der Waals surface area (Å²) in [5.41, 5.74) is 1.16. The molecule has 0 aromatic heterocycles. The van der Waals surface area contributed by atoms with Crippen LogP contribution >= 0.6 is 0 Å². The first-order chi connectivity index (χ1) is 11.5. The van der Waals surface area contributed by atoms with Gasteiger partial charge in [-0.1, -0.05) is 25.8 Å². The molecule has 1 saturated carbocycles. The quantitative estimate of drug-likeness (QED) is 0.812. The van der Waals surface area contributed by atoms with Gasteiger partial charge in [0.2, 0.25) is 0 Å². The number of hydrogen-bond donors (Lipinski definition) is 2. The van der Waals surface area contributed by atoms with Crippen LogP contribution in [-0.4, -0.2) is 32.3 Å². The van der Waals surface area contributed by atoms with E-state index in [1.54, 1.807) is 12.1 Å². The predicted octanol–water partition coefficient (Wildman–Crippen LogP) is 2.86. The van der Waals surface area contributed by atoms with E-state index in [0.717, 1.165) is 24.8 Å². The molecule has 0 unspecified atom stereocenters. The topological polar surface area (TPSA) is 76.7 Å². The molecule has 1 aliphatic carbocycles. The summed E-state index contributed by atoms with van der Waals surface area (Å²) in [4.78, 5) is 23.9. The maximum absolute atomic E-state index is 12.1. The molecular formula is C18H26N2O4. The normalized spacial score (nSPS) is 20.1. The Morgan fingerprint density at radius 3 is 2.62 bits per heavy atom. The minimum atomic E-state index is -0.464. The smallest absolute Gasteiger partial charge is 0.341 e. The maximum Gasteiger partial charge on any atom is 0.341 e. The monoisotopic (exact) mass is 334 g/mol. The van der Waals surface area contributed by atoms with E-state index < -0.39 is 5.97 Å². The van der Waals surface area contributed by atoms with Gasteiger partial charge in [0.1, 0.15) is 11.3 Å². The first-order valence-corrected chi connectivity index (χ1v) is 8.34. The highest BCUT2D eigenvalue weighted by Crippen LogP contribution is 2.23. The van der Waals surface area contributed by atoms with Crippen LogP contribution in [0.3, 0.4) is 0 Å². The Kier molecular flexibility index (Phi) is 6.46. The van der Waals surface area contributed by atoms with Crippen molar-refractivity contribution in [2.45, 2.75) is 45.2 Å². The third kappa shape index (κ3) is 4.63. The maximum atomic E-state index is 12.1. The zero-order chi connectivity index (χ0) is 17.5. The summed E-state index contributed by atoms with van der Waals surface area (Å²) in [6, 6.07) is 5.25. The van der Waals surface area contributed by atoms with Crippen molar-refractivity contribution in [2.75, 3.05) is 14.2 Å². The Bertz CT molecular complexity index is 588. The molecule has 1 aliphatic rings. The number of ether oxygens (including phenoxy) is 2. The SMILES string of the molecule is COC(=O)c1cc(CNC(=O)N[C@H]2CCCC[C@H]2C)ccc1OC. The van der Waals surface area contributed by atoms with Crippen LogP contribution in [0.4, 0.5) is 4.79 Å². The Hall–Kier alpha value is -2.24. The van der Waals surface area contributed by atoms with E-state index in [1.165, 1.54) is 20.6 Å². The van der Waals surface area contributed by atoms with Gasteiger partial charge in [-0.2, -0.15) is 0 Å². The molecule has 0 heterocycles. The summed E-state index contributed by atoms with van der Waals surface area (Å²) in [6.45, 7) is 2.51. The molecule has 1 aromatic carbocycles. The highest BCUT2D eigenvalue weighted by Gasteiger charge is 2.22. The number of methoxy groups -OCH3 is 2. The lowest BCUT2D eigenvalue weighted by Crippen LogP contribution is -2.45.